The maximum Gasteiger partial charge on any atom is 0.407 e. The fourth-order valence-electron chi connectivity index (χ4n) is 5.59. The highest BCUT2D eigenvalue weighted by molar-refractivity contribution is 6.05. The first-order chi connectivity index (χ1) is 20.4. The van der Waals surface area contributed by atoms with Gasteiger partial charge in [-0.2, -0.15) is 0 Å². The molecule has 5 rings (SSSR count). The van der Waals surface area contributed by atoms with Crippen molar-refractivity contribution in [3.63, 3.8) is 0 Å². The number of amides is 2. The molecule has 2 amide bonds. The Labute approximate surface area is 249 Å². The molecule has 0 radical (unpaired) electrons. The molecule has 2 fully saturated rings. The van der Waals surface area contributed by atoms with E-state index in [4.69, 9.17) is 10.5 Å². The van der Waals surface area contributed by atoms with E-state index in [0.717, 1.165) is 23.6 Å². The standard InChI is InChI=1S/C34H43N5O3/c1-23(2)39-17-15-25(16-18-39)20-36-32-19-29(32)27-11-9-26(10-12-27)22-42-34(41)37-21-24-7-13-28(14-8-24)33(40)38-31-6-4-3-5-30(31)35/h3-14,23,25,29,32,36H,15-22,35H2,1-2H3,(H,37,41)(H,38,40)/t29?,32-/m0/s1. The van der Waals surface area contributed by atoms with Crippen LogP contribution in [0.15, 0.2) is 72.8 Å². The van der Waals surface area contributed by atoms with Crippen molar-refractivity contribution in [2.45, 2.75) is 64.3 Å². The molecule has 0 bridgehead atoms. The van der Waals surface area contributed by atoms with Crippen LogP contribution in [-0.2, 0) is 17.9 Å². The number of nitrogens with one attached hydrogen (secondary N) is 3. The third-order valence-corrected chi connectivity index (χ3v) is 8.48. The number of anilines is 2. The predicted octanol–water partition coefficient (Wildman–Crippen LogP) is 5.51. The fourth-order valence-corrected chi connectivity index (χ4v) is 5.59. The zero-order chi connectivity index (χ0) is 29.5. The number of carbonyl (C=O) groups is 2. The van der Waals surface area contributed by atoms with Gasteiger partial charge in [0.25, 0.3) is 5.91 Å². The molecular weight excluding hydrogens is 526 g/mol. The number of nitrogens with two attached hydrogens (primary N) is 1. The van der Waals surface area contributed by atoms with Crippen LogP contribution >= 0.6 is 0 Å². The average Bonchev–Trinajstić information content (AvgIpc) is 3.79. The van der Waals surface area contributed by atoms with Gasteiger partial charge in [-0.05, 0) is 99.6 Å². The normalized spacial score (nSPS) is 18.9. The Kier molecular flexibility index (Phi) is 9.77. The van der Waals surface area contributed by atoms with E-state index in [1.807, 2.05) is 24.3 Å². The molecular formula is C34H43N5O3. The first-order valence-corrected chi connectivity index (χ1v) is 15.1. The molecule has 1 aliphatic carbocycles. The molecule has 1 aliphatic heterocycles. The number of ether oxygens (including phenoxy) is 1. The molecule has 8 heteroatoms. The van der Waals surface area contributed by atoms with Crippen molar-refractivity contribution in [3.05, 3.63) is 95.1 Å². The lowest BCUT2D eigenvalue weighted by atomic mass is 9.96. The van der Waals surface area contributed by atoms with Gasteiger partial charge in [-0.15, -0.1) is 0 Å². The zero-order valence-electron chi connectivity index (χ0n) is 24.6. The summed E-state index contributed by atoms with van der Waals surface area (Å²) in [5, 5.41) is 9.38. The summed E-state index contributed by atoms with van der Waals surface area (Å²) in [4.78, 5) is 27.3. The van der Waals surface area contributed by atoms with Crippen LogP contribution in [0.2, 0.25) is 0 Å². The molecule has 0 aromatic heterocycles. The van der Waals surface area contributed by atoms with Crippen LogP contribution in [0.5, 0.6) is 0 Å². The van der Waals surface area contributed by atoms with Gasteiger partial charge in [-0.25, -0.2) is 4.79 Å². The second-order valence-corrected chi connectivity index (χ2v) is 11.8. The Morgan fingerprint density at radius 3 is 2.33 bits per heavy atom. The number of para-hydroxylation sites is 2. The largest absolute Gasteiger partial charge is 0.445 e. The van der Waals surface area contributed by atoms with Gasteiger partial charge in [0.1, 0.15) is 6.61 Å². The summed E-state index contributed by atoms with van der Waals surface area (Å²) in [5.74, 6) is 1.12. The molecule has 2 aliphatic rings. The van der Waals surface area contributed by atoms with Gasteiger partial charge in [0.2, 0.25) is 0 Å². The Balaban J connectivity index is 0.982. The van der Waals surface area contributed by atoms with Crippen LogP contribution in [0.3, 0.4) is 0 Å². The van der Waals surface area contributed by atoms with Crippen LogP contribution in [0.1, 0.15) is 66.1 Å². The zero-order valence-corrected chi connectivity index (χ0v) is 24.6. The maximum atomic E-state index is 12.5. The summed E-state index contributed by atoms with van der Waals surface area (Å²) in [6.45, 7) is 8.66. The van der Waals surface area contributed by atoms with Gasteiger partial charge >= 0.3 is 6.09 Å². The number of carbonyl (C=O) groups excluding carboxylic acids is 2. The van der Waals surface area contributed by atoms with Crippen LogP contribution in [0, 0.1) is 5.92 Å². The van der Waals surface area contributed by atoms with Crippen LogP contribution in [0.4, 0.5) is 16.2 Å². The maximum absolute atomic E-state index is 12.5. The molecule has 1 unspecified atom stereocenters. The van der Waals surface area contributed by atoms with Crippen LogP contribution in [0.25, 0.3) is 0 Å². The van der Waals surface area contributed by atoms with Gasteiger partial charge in [0.05, 0.1) is 11.4 Å². The van der Waals surface area contributed by atoms with Gasteiger partial charge < -0.3 is 31.3 Å². The van der Waals surface area contributed by atoms with Crippen LogP contribution < -0.4 is 21.7 Å². The molecule has 2 atom stereocenters. The SMILES string of the molecule is CC(C)N1CCC(CN[C@H]2CC2c2ccc(COC(=O)NCc3ccc(C(=O)Nc4ccccc4N)cc3)cc2)CC1. The molecule has 1 saturated carbocycles. The summed E-state index contributed by atoms with van der Waals surface area (Å²) < 4.78 is 5.41. The molecule has 8 nitrogen and oxygen atoms in total. The number of nitrogens with zero attached hydrogens (tertiary/aromatic N) is 1. The smallest absolute Gasteiger partial charge is 0.407 e. The van der Waals surface area contributed by atoms with E-state index in [1.165, 1.54) is 37.9 Å². The molecule has 222 valence electrons. The fraction of sp³-hybridized carbons (Fsp3) is 0.412. The van der Waals surface area contributed by atoms with Crippen molar-refractivity contribution in [1.29, 1.82) is 0 Å². The first kappa shape index (κ1) is 29.6. The number of likely N-dealkylation sites (tertiary alicyclic amines) is 1. The third kappa shape index (κ3) is 8.11. The number of piperidine rings is 1. The molecule has 3 aromatic carbocycles. The highest BCUT2D eigenvalue weighted by Gasteiger charge is 2.38. The monoisotopic (exact) mass is 569 g/mol. The second kappa shape index (κ2) is 13.9. The summed E-state index contributed by atoms with van der Waals surface area (Å²) >= 11 is 0. The number of benzene rings is 3. The Morgan fingerprint density at radius 1 is 0.952 bits per heavy atom. The van der Waals surface area contributed by atoms with Crippen molar-refractivity contribution in [2.24, 2.45) is 5.92 Å². The van der Waals surface area contributed by atoms with Gasteiger partial charge in [0, 0.05) is 30.1 Å². The van der Waals surface area contributed by atoms with Crippen LogP contribution in [-0.4, -0.2) is 48.6 Å². The molecule has 1 heterocycles. The lowest BCUT2D eigenvalue weighted by molar-refractivity contribution is 0.102. The number of nitrogen functional groups attached to an aromatic ring is 1. The van der Waals surface area contributed by atoms with Crippen molar-refractivity contribution in [2.75, 3.05) is 30.7 Å². The highest BCUT2D eigenvalue weighted by Crippen LogP contribution is 2.41. The quantitative estimate of drug-likeness (QED) is 0.227. The molecule has 5 N–H and O–H groups in total. The minimum absolute atomic E-state index is 0.218. The van der Waals surface area contributed by atoms with E-state index >= 15 is 0 Å². The highest BCUT2D eigenvalue weighted by atomic mass is 16.5. The van der Waals surface area contributed by atoms with E-state index in [9.17, 15) is 9.59 Å². The van der Waals surface area contributed by atoms with E-state index < -0.39 is 6.09 Å². The minimum atomic E-state index is -0.480. The Bertz CT molecular complexity index is 1330. The summed E-state index contributed by atoms with van der Waals surface area (Å²) in [6.07, 6.45) is 3.30. The summed E-state index contributed by atoms with van der Waals surface area (Å²) in [6, 6.07) is 23.8. The van der Waals surface area contributed by atoms with Crippen molar-refractivity contribution >= 4 is 23.4 Å². The predicted molar refractivity (Wildman–Crippen MR) is 167 cm³/mol. The summed E-state index contributed by atoms with van der Waals surface area (Å²) in [5.41, 5.74) is 10.7. The van der Waals surface area contributed by atoms with Gasteiger partial charge in [-0.1, -0.05) is 48.5 Å². The minimum Gasteiger partial charge on any atom is -0.445 e. The number of hydrogen-bond acceptors (Lipinski definition) is 6. The van der Waals surface area contributed by atoms with E-state index in [1.54, 1.807) is 36.4 Å². The second-order valence-electron chi connectivity index (χ2n) is 11.8. The topological polar surface area (TPSA) is 109 Å². The third-order valence-electron chi connectivity index (χ3n) is 8.48. The molecule has 3 aromatic rings. The van der Waals surface area contributed by atoms with Crippen molar-refractivity contribution in [1.82, 2.24) is 15.5 Å². The Morgan fingerprint density at radius 2 is 1.64 bits per heavy atom. The summed E-state index contributed by atoms with van der Waals surface area (Å²) in [7, 11) is 0. The average molecular weight is 570 g/mol. The molecule has 42 heavy (non-hydrogen) atoms. The van der Waals surface area contributed by atoms with E-state index in [0.29, 0.717) is 41.5 Å². The van der Waals surface area contributed by atoms with Crippen molar-refractivity contribution < 1.29 is 14.3 Å². The number of alkyl carbamates (subject to hydrolysis) is 1. The van der Waals surface area contributed by atoms with E-state index in [-0.39, 0.29) is 12.5 Å². The lowest BCUT2D eigenvalue weighted by Gasteiger charge is -2.34. The first-order valence-electron chi connectivity index (χ1n) is 15.1. The lowest BCUT2D eigenvalue weighted by Crippen LogP contribution is -2.41. The Hall–Kier alpha value is -3.88. The molecule has 1 saturated heterocycles. The number of rotatable bonds is 11. The van der Waals surface area contributed by atoms with Crippen molar-refractivity contribution in [3.8, 4) is 0 Å². The molecule has 0 spiro atoms. The van der Waals surface area contributed by atoms with E-state index in [2.05, 4.69) is 46.8 Å². The van der Waals surface area contributed by atoms with Gasteiger partial charge in [0.15, 0.2) is 0 Å². The van der Waals surface area contributed by atoms with Gasteiger partial charge in [-0.3, -0.25) is 4.79 Å². The number of hydrogen-bond donors (Lipinski definition) is 4.